The lowest BCUT2D eigenvalue weighted by atomic mass is 10.1. The number of piperazine rings is 1. The van der Waals surface area contributed by atoms with Crippen LogP contribution in [-0.4, -0.2) is 81.9 Å². The number of carbonyl (C=O) groups is 2. The molecule has 0 bridgehead atoms. The first-order valence-corrected chi connectivity index (χ1v) is 14.0. The van der Waals surface area contributed by atoms with Crippen LogP contribution in [0.25, 0.3) is 0 Å². The average Bonchev–Trinajstić information content (AvgIpc) is 3.47. The maximum Gasteiger partial charge on any atom is 0.414 e. The van der Waals surface area contributed by atoms with Gasteiger partial charge in [-0.1, -0.05) is 13.0 Å². The summed E-state index contributed by atoms with van der Waals surface area (Å²) in [6.07, 6.45) is 2.86. The lowest BCUT2D eigenvalue weighted by Crippen LogP contribution is -2.49. The number of amides is 2. The highest BCUT2D eigenvalue weighted by atomic mass is 32.2. The van der Waals surface area contributed by atoms with Gasteiger partial charge in [0.15, 0.2) is 0 Å². The quantitative estimate of drug-likeness (QED) is 0.605. The van der Waals surface area contributed by atoms with Crippen molar-refractivity contribution in [3.8, 4) is 0 Å². The van der Waals surface area contributed by atoms with E-state index in [-0.39, 0.29) is 18.3 Å². The summed E-state index contributed by atoms with van der Waals surface area (Å²) >= 11 is 0. The lowest BCUT2D eigenvalue weighted by Gasteiger charge is -2.36. The molecule has 1 aromatic heterocycles. The van der Waals surface area contributed by atoms with E-state index in [0.717, 1.165) is 17.8 Å². The number of carbonyl (C=O) groups excluding carboxylic acids is 2. The Hall–Kier alpha value is -3.34. The third-order valence-electron chi connectivity index (χ3n) is 7.03. The van der Waals surface area contributed by atoms with Gasteiger partial charge < -0.3 is 14.5 Å². The van der Waals surface area contributed by atoms with Gasteiger partial charge >= 0.3 is 6.09 Å². The zero-order valence-corrected chi connectivity index (χ0v) is 21.5. The first-order valence-electron chi connectivity index (χ1n) is 12.4. The van der Waals surface area contributed by atoms with Crippen LogP contribution >= 0.6 is 0 Å². The smallest absolute Gasteiger partial charge is 0.414 e. The molecule has 4 heterocycles. The molecule has 0 aliphatic carbocycles. The van der Waals surface area contributed by atoms with Crippen LogP contribution in [0.5, 0.6) is 0 Å². The molecule has 36 heavy (non-hydrogen) atoms. The molecule has 10 nitrogen and oxygen atoms in total. The number of sulfonamides is 1. The zero-order chi connectivity index (χ0) is 25.4. The van der Waals surface area contributed by atoms with Gasteiger partial charge in [0, 0.05) is 44.6 Å². The van der Waals surface area contributed by atoms with Gasteiger partial charge in [0.05, 0.1) is 23.5 Å². The number of pyridine rings is 1. The Morgan fingerprint density at radius 1 is 1.08 bits per heavy atom. The lowest BCUT2D eigenvalue weighted by molar-refractivity contribution is 0.0747. The van der Waals surface area contributed by atoms with E-state index in [4.69, 9.17) is 4.74 Å². The van der Waals surface area contributed by atoms with E-state index in [2.05, 4.69) is 29.8 Å². The summed E-state index contributed by atoms with van der Waals surface area (Å²) in [5.74, 6) is 0.761. The summed E-state index contributed by atoms with van der Waals surface area (Å²) in [6.45, 7) is 7.40. The number of rotatable bonds is 5. The first kappa shape index (κ1) is 24.4. The predicted octanol–water partition coefficient (Wildman–Crippen LogP) is 2.41. The molecule has 0 N–H and O–H groups in total. The predicted molar refractivity (Wildman–Crippen MR) is 137 cm³/mol. The van der Waals surface area contributed by atoms with Gasteiger partial charge in [-0.25, -0.2) is 18.2 Å². The first-order chi connectivity index (χ1) is 17.3. The molecule has 192 valence electrons. The maximum absolute atomic E-state index is 13.6. The van der Waals surface area contributed by atoms with Crippen molar-refractivity contribution in [2.24, 2.45) is 0 Å². The molecule has 2 aromatic rings. The summed E-state index contributed by atoms with van der Waals surface area (Å²) in [7, 11) is -3.52. The number of ether oxygens (including phenoxy) is 1. The molecule has 1 aromatic carbocycles. The van der Waals surface area contributed by atoms with Crippen molar-refractivity contribution in [2.45, 2.75) is 26.7 Å². The summed E-state index contributed by atoms with van der Waals surface area (Å²) in [5.41, 5.74) is 3.48. The largest absolute Gasteiger partial charge is 0.447 e. The Balaban J connectivity index is 1.39. The second-order valence-electron chi connectivity index (χ2n) is 9.33. The van der Waals surface area contributed by atoms with E-state index >= 15 is 0 Å². The van der Waals surface area contributed by atoms with Gasteiger partial charge in [0.25, 0.3) is 5.91 Å². The van der Waals surface area contributed by atoms with Crippen LogP contribution in [0.3, 0.4) is 0 Å². The number of aromatic nitrogens is 1. The van der Waals surface area contributed by atoms with Crippen LogP contribution in [0.2, 0.25) is 0 Å². The molecular formula is C25H31N5O5S. The van der Waals surface area contributed by atoms with E-state index in [9.17, 15) is 18.0 Å². The van der Waals surface area contributed by atoms with Crippen molar-refractivity contribution < 1.29 is 22.7 Å². The molecule has 3 aliphatic heterocycles. The minimum absolute atomic E-state index is 0.0401. The fourth-order valence-electron chi connectivity index (χ4n) is 5.06. The molecule has 5 rings (SSSR count). The topological polar surface area (TPSA) is 103 Å². The molecular weight excluding hydrogens is 482 g/mol. The SMILES string of the molecule is CCc1cnc(N2CCN(C(=O)c3ccc(N4CCOC4=O)cc3N3CCCS3(=O)=O)CC2)c(C)c1. The third kappa shape index (κ3) is 4.47. The van der Waals surface area contributed by atoms with Crippen LogP contribution in [0, 0.1) is 6.92 Å². The van der Waals surface area contributed by atoms with Crippen molar-refractivity contribution in [1.29, 1.82) is 0 Å². The van der Waals surface area contributed by atoms with Gasteiger partial charge in [-0.2, -0.15) is 0 Å². The van der Waals surface area contributed by atoms with Crippen LogP contribution in [0.4, 0.5) is 22.0 Å². The minimum Gasteiger partial charge on any atom is -0.447 e. The van der Waals surface area contributed by atoms with Crippen molar-refractivity contribution >= 4 is 39.2 Å². The summed E-state index contributed by atoms with van der Waals surface area (Å²) in [6, 6.07) is 7.10. The Morgan fingerprint density at radius 3 is 2.47 bits per heavy atom. The highest BCUT2D eigenvalue weighted by Gasteiger charge is 2.34. The second-order valence-corrected chi connectivity index (χ2v) is 11.3. The molecule has 11 heteroatoms. The molecule has 0 atom stereocenters. The molecule has 0 radical (unpaired) electrons. The molecule has 2 amide bonds. The molecule has 0 spiro atoms. The number of hydrogen-bond donors (Lipinski definition) is 0. The average molecular weight is 514 g/mol. The Morgan fingerprint density at radius 2 is 1.86 bits per heavy atom. The highest BCUT2D eigenvalue weighted by molar-refractivity contribution is 7.93. The summed E-state index contributed by atoms with van der Waals surface area (Å²) < 4.78 is 31.9. The van der Waals surface area contributed by atoms with E-state index in [1.165, 1.54) is 14.8 Å². The van der Waals surface area contributed by atoms with E-state index in [0.29, 0.717) is 62.6 Å². The number of hydrogen-bond acceptors (Lipinski definition) is 7. The highest BCUT2D eigenvalue weighted by Crippen LogP contribution is 2.34. The van der Waals surface area contributed by atoms with E-state index < -0.39 is 16.1 Å². The van der Waals surface area contributed by atoms with Gasteiger partial charge in [0.1, 0.15) is 12.4 Å². The van der Waals surface area contributed by atoms with E-state index in [1.807, 2.05) is 6.20 Å². The summed E-state index contributed by atoms with van der Waals surface area (Å²) in [4.78, 5) is 35.8. The molecule has 3 aliphatic rings. The van der Waals surface area contributed by atoms with Gasteiger partial charge in [-0.15, -0.1) is 0 Å². The van der Waals surface area contributed by atoms with Crippen LogP contribution in [-0.2, 0) is 21.2 Å². The maximum atomic E-state index is 13.6. The number of aryl methyl sites for hydroxylation is 2. The molecule has 0 unspecified atom stereocenters. The fraction of sp³-hybridized carbons (Fsp3) is 0.480. The number of cyclic esters (lactones) is 1. The van der Waals surface area contributed by atoms with E-state index in [1.54, 1.807) is 23.1 Å². The van der Waals surface area contributed by atoms with Crippen LogP contribution in [0.1, 0.15) is 34.8 Å². The van der Waals surface area contributed by atoms with Crippen molar-refractivity contribution in [2.75, 3.05) is 65.7 Å². The summed E-state index contributed by atoms with van der Waals surface area (Å²) in [5, 5.41) is 0. The van der Waals surface area contributed by atoms with Crippen LogP contribution in [0.15, 0.2) is 30.5 Å². The fourth-order valence-corrected chi connectivity index (χ4v) is 6.63. The van der Waals surface area contributed by atoms with Gasteiger partial charge in [-0.05, 0) is 49.1 Å². The van der Waals surface area contributed by atoms with Crippen molar-refractivity contribution in [1.82, 2.24) is 9.88 Å². The molecule has 0 saturated carbocycles. The van der Waals surface area contributed by atoms with Crippen molar-refractivity contribution in [3.05, 3.63) is 47.2 Å². The van der Waals surface area contributed by atoms with Gasteiger partial charge in [-0.3, -0.25) is 14.0 Å². The molecule has 3 fully saturated rings. The second kappa shape index (κ2) is 9.61. The Bertz CT molecular complexity index is 1290. The monoisotopic (exact) mass is 513 g/mol. The zero-order valence-electron chi connectivity index (χ0n) is 20.6. The normalized spacial score (nSPS) is 19.7. The Labute approximate surface area is 211 Å². The third-order valence-corrected chi connectivity index (χ3v) is 8.89. The number of nitrogens with zero attached hydrogens (tertiary/aromatic N) is 5. The standard InChI is InChI=1S/C25H31N5O5S/c1-3-19-15-18(2)23(26-17-19)27-8-10-28(11-9-27)24(31)21-6-5-20(29-12-13-35-25(29)32)16-22(21)30-7-4-14-36(30,33)34/h5-6,15-17H,3-4,7-14H2,1-2H3. The van der Waals surface area contributed by atoms with Crippen molar-refractivity contribution in [3.63, 3.8) is 0 Å². The number of benzene rings is 1. The molecule has 3 saturated heterocycles. The number of anilines is 3. The van der Waals surface area contributed by atoms with Gasteiger partial charge in [0.2, 0.25) is 10.0 Å². The Kier molecular flexibility index (Phi) is 6.50. The van der Waals surface area contributed by atoms with Crippen LogP contribution < -0.4 is 14.1 Å². The minimum atomic E-state index is -3.52.